The fourth-order valence-electron chi connectivity index (χ4n) is 2.56. The molecule has 0 aliphatic carbocycles. The Balaban J connectivity index is 1.91. The van der Waals surface area contributed by atoms with E-state index >= 15 is 0 Å². The molecule has 0 spiro atoms. The number of nitrogens with one attached hydrogen (secondary N) is 2. The highest BCUT2D eigenvalue weighted by Gasteiger charge is 2.23. The molecular weight excluding hydrogens is 329 g/mol. The van der Waals surface area contributed by atoms with E-state index in [4.69, 9.17) is 11.6 Å². The van der Waals surface area contributed by atoms with Crippen LogP contribution in [0.3, 0.4) is 0 Å². The number of para-hydroxylation sites is 2. The Morgan fingerprint density at radius 1 is 1.25 bits per heavy atom. The van der Waals surface area contributed by atoms with Crippen LogP contribution >= 0.6 is 11.6 Å². The Hall–Kier alpha value is -2.40. The molecule has 1 heterocycles. The van der Waals surface area contributed by atoms with Gasteiger partial charge in [-0.05, 0) is 36.2 Å². The van der Waals surface area contributed by atoms with Crippen molar-refractivity contribution in [3.05, 3.63) is 64.7 Å². The molecule has 24 heavy (non-hydrogen) atoms. The highest BCUT2D eigenvalue weighted by molar-refractivity contribution is 6.31. The molecule has 0 aliphatic rings. The van der Waals surface area contributed by atoms with E-state index in [2.05, 4.69) is 15.3 Å². The van der Waals surface area contributed by atoms with Gasteiger partial charge in [0.15, 0.2) is 0 Å². The number of hydrogen-bond acceptors (Lipinski definition) is 2. The van der Waals surface area contributed by atoms with E-state index in [1.54, 1.807) is 0 Å². The second-order valence-corrected chi connectivity index (χ2v) is 6.39. The molecule has 4 nitrogen and oxygen atoms in total. The first kappa shape index (κ1) is 16.5. The zero-order valence-electron chi connectivity index (χ0n) is 13.3. The van der Waals surface area contributed by atoms with Crippen molar-refractivity contribution in [1.29, 1.82) is 0 Å². The van der Waals surface area contributed by atoms with Gasteiger partial charge in [0, 0.05) is 5.02 Å². The molecule has 2 aromatic carbocycles. The zero-order chi connectivity index (χ0) is 17.3. The van der Waals surface area contributed by atoms with Gasteiger partial charge in [0.05, 0.1) is 22.6 Å². The number of imidazole rings is 1. The molecule has 1 atom stereocenters. The van der Waals surface area contributed by atoms with Crippen molar-refractivity contribution < 1.29 is 9.18 Å². The first-order valence-electron chi connectivity index (χ1n) is 7.66. The molecule has 1 amide bonds. The van der Waals surface area contributed by atoms with Crippen LogP contribution in [0, 0.1) is 11.7 Å². The zero-order valence-corrected chi connectivity index (χ0v) is 14.1. The molecule has 0 bridgehead atoms. The summed E-state index contributed by atoms with van der Waals surface area (Å²) in [6.07, 6.45) is 0. The van der Waals surface area contributed by atoms with Crippen molar-refractivity contribution in [1.82, 2.24) is 15.3 Å². The maximum Gasteiger partial charge on any atom is 0.254 e. The van der Waals surface area contributed by atoms with Crippen LogP contribution < -0.4 is 5.32 Å². The number of hydrogen-bond donors (Lipinski definition) is 2. The maximum absolute atomic E-state index is 13.9. The number of H-pyrrole nitrogens is 1. The van der Waals surface area contributed by atoms with Crippen molar-refractivity contribution in [3.8, 4) is 0 Å². The maximum atomic E-state index is 13.9. The number of aromatic nitrogens is 2. The topological polar surface area (TPSA) is 57.8 Å². The highest BCUT2D eigenvalue weighted by atomic mass is 35.5. The van der Waals surface area contributed by atoms with E-state index in [-0.39, 0.29) is 17.5 Å². The molecule has 3 rings (SSSR count). The van der Waals surface area contributed by atoms with Crippen LogP contribution in [0.4, 0.5) is 4.39 Å². The lowest BCUT2D eigenvalue weighted by atomic mass is 10.0. The van der Waals surface area contributed by atoms with Crippen LogP contribution in [-0.4, -0.2) is 15.9 Å². The van der Waals surface area contributed by atoms with Crippen molar-refractivity contribution in [2.24, 2.45) is 5.92 Å². The summed E-state index contributed by atoms with van der Waals surface area (Å²) >= 11 is 5.87. The third-order valence-electron chi connectivity index (χ3n) is 3.83. The van der Waals surface area contributed by atoms with Gasteiger partial charge in [0.25, 0.3) is 5.91 Å². The molecule has 3 aromatic rings. The van der Waals surface area contributed by atoms with Gasteiger partial charge in [0.2, 0.25) is 0 Å². The van der Waals surface area contributed by atoms with Crippen molar-refractivity contribution in [2.75, 3.05) is 0 Å². The lowest BCUT2D eigenvalue weighted by Gasteiger charge is -2.20. The van der Waals surface area contributed by atoms with Crippen LogP contribution in [0.2, 0.25) is 5.02 Å². The van der Waals surface area contributed by atoms with Crippen LogP contribution in [0.15, 0.2) is 42.5 Å². The van der Waals surface area contributed by atoms with Gasteiger partial charge in [-0.2, -0.15) is 0 Å². The van der Waals surface area contributed by atoms with E-state index in [9.17, 15) is 9.18 Å². The van der Waals surface area contributed by atoms with Crippen molar-refractivity contribution in [3.63, 3.8) is 0 Å². The quantitative estimate of drug-likeness (QED) is 0.732. The summed E-state index contributed by atoms with van der Waals surface area (Å²) in [6, 6.07) is 11.2. The Labute approximate surface area is 144 Å². The number of carbonyl (C=O) groups is 1. The molecular formula is C18H17ClFN3O. The number of nitrogens with zero attached hydrogens (tertiary/aromatic N) is 1. The summed E-state index contributed by atoms with van der Waals surface area (Å²) < 4.78 is 13.9. The second-order valence-electron chi connectivity index (χ2n) is 5.96. The number of halogens is 2. The van der Waals surface area contributed by atoms with E-state index in [0.717, 1.165) is 11.0 Å². The second kappa shape index (κ2) is 6.61. The summed E-state index contributed by atoms with van der Waals surface area (Å²) in [6.45, 7) is 3.93. The number of fused-ring (bicyclic) bond motifs is 1. The van der Waals surface area contributed by atoms with E-state index in [0.29, 0.717) is 10.8 Å². The number of carbonyl (C=O) groups excluding carboxylic acids is 1. The third-order valence-corrected chi connectivity index (χ3v) is 4.06. The molecule has 124 valence electrons. The minimum Gasteiger partial charge on any atom is -0.342 e. The third kappa shape index (κ3) is 3.26. The minimum atomic E-state index is -0.607. The van der Waals surface area contributed by atoms with Crippen LogP contribution in [-0.2, 0) is 0 Å². The Bertz CT molecular complexity index is 858. The number of rotatable bonds is 4. The minimum absolute atomic E-state index is 0.0664. The smallest absolute Gasteiger partial charge is 0.254 e. The van der Waals surface area contributed by atoms with Gasteiger partial charge in [-0.25, -0.2) is 9.37 Å². The largest absolute Gasteiger partial charge is 0.342 e. The molecule has 0 radical (unpaired) electrons. The van der Waals surface area contributed by atoms with Gasteiger partial charge in [-0.1, -0.05) is 37.6 Å². The molecule has 1 aromatic heterocycles. The normalized spacial score (nSPS) is 12.5. The number of benzene rings is 2. The van der Waals surface area contributed by atoms with E-state index in [1.165, 1.54) is 18.2 Å². The fourth-order valence-corrected chi connectivity index (χ4v) is 2.73. The van der Waals surface area contributed by atoms with Gasteiger partial charge >= 0.3 is 0 Å². The summed E-state index contributed by atoms with van der Waals surface area (Å²) in [7, 11) is 0. The lowest BCUT2D eigenvalue weighted by molar-refractivity contribution is 0.0919. The number of aromatic amines is 1. The molecule has 2 N–H and O–H groups in total. The van der Waals surface area contributed by atoms with Gasteiger partial charge in [0.1, 0.15) is 11.6 Å². The molecule has 0 fully saturated rings. The fraction of sp³-hybridized carbons (Fsp3) is 0.222. The summed E-state index contributed by atoms with van der Waals surface area (Å²) in [5.74, 6) is -0.420. The van der Waals surface area contributed by atoms with Gasteiger partial charge in [-0.3, -0.25) is 4.79 Å². The summed E-state index contributed by atoms with van der Waals surface area (Å²) in [5, 5.41) is 3.16. The van der Waals surface area contributed by atoms with Crippen LogP contribution in [0.5, 0.6) is 0 Å². The first-order chi connectivity index (χ1) is 11.5. The van der Waals surface area contributed by atoms with E-state index < -0.39 is 11.7 Å². The molecule has 0 saturated carbocycles. The Kier molecular flexibility index (Phi) is 4.53. The predicted octanol–water partition coefficient (Wildman–Crippen LogP) is 4.48. The standard InChI is InChI=1S/C18H17ClFN3O/c1-10(2)16(17-21-14-5-3-4-6-15(14)22-17)23-18(24)12-9-11(19)7-8-13(12)20/h3-10,16H,1-2H3,(H,21,22)(H,23,24). The lowest BCUT2D eigenvalue weighted by Crippen LogP contribution is -2.33. The molecule has 0 saturated heterocycles. The highest BCUT2D eigenvalue weighted by Crippen LogP contribution is 2.23. The van der Waals surface area contributed by atoms with Crippen LogP contribution in [0.1, 0.15) is 36.1 Å². The molecule has 1 unspecified atom stereocenters. The SMILES string of the molecule is CC(C)C(NC(=O)c1cc(Cl)ccc1F)c1nc2ccccc2[nH]1. The van der Waals surface area contributed by atoms with Gasteiger partial charge in [-0.15, -0.1) is 0 Å². The molecule has 6 heteroatoms. The molecule has 0 aliphatic heterocycles. The first-order valence-corrected chi connectivity index (χ1v) is 8.04. The average molecular weight is 346 g/mol. The summed E-state index contributed by atoms with van der Waals surface area (Å²) in [4.78, 5) is 20.2. The monoisotopic (exact) mass is 345 g/mol. The predicted molar refractivity (Wildman–Crippen MR) is 92.5 cm³/mol. The summed E-state index contributed by atoms with van der Waals surface area (Å²) in [5.41, 5.74) is 1.63. The van der Waals surface area contributed by atoms with Crippen LogP contribution in [0.25, 0.3) is 11.0 Å². The average Bonchev–Trinajstić information content (AvgIpc) is 2.97. The van der Waals surface area contributed by atoms with Gasteiger partial charge < -0.3 is 10.3 Å². The Morgan fingerprint density at radius 2 is 2.00 bits per heavy atom. The Morgan fingerprint density at radius 3 is 2.71 bits per heavy atom. The number of amides is 1. The van der Waals surface area contributed by atoms with Crippen molar-refractivity contribution in [2.45, 2.75) is 19.9 Å². The van der Waals surface area contributed by atoms with Crippen molar-refractivity contribution >= 4 is 28.5 Å². The van der Waals surface area contributed by atoms with E-state index in [1.807, 2.05) is 38.1 Å².